The summed E-state index contributed by atoms with van der Waals surface area (Å²) in [6.45, 7) is 1.51. The second-order valence-corrected chi connectivity index (χ2v) is 4.77. The van der Waals surface area contributed by atoms with Crippen LogP contribution in [0.25, 0.3) is 0 Å². The summed E-state index contributed by atoms with van der Waals surface area (Å²) in [6.07, 6.45) is -0.517. The Morgan fingerprint density at radius 1 is 0.947 bits per heavy atom. The number of hydrogen-bond acceptors (Lipinski definition) is 2. The van der Waals surface area contributed by atoms with Crippen molar-refractivity contribution in [1.29, 1.82) is 0 Å². The van der Waals surface area contributed by atoms with Gasteiger partial charge in [-0.25, -0.2) is 0 Å². The molecular formula is C17H18O2. The number of carbonyl (C=O) groups is 1. The zero-order valence-electron chi connectivity index (χ0n) is 11.0. The van der Waals surface area contributed by atoms with Gasteiger partial charge in [-0.05, 0) is 18.1 Å². The first kappa shape index (κ1) is 13.5. The number of hydrogen-bond donors (Lipinski definition) is 1. The summed E-state index contributed by atoms with van der Waals surface area (Å²) in [5.41, 5.74) is 2.06. The maximum absolute atomic E-state index is 11.3. The fourth-order valence-electron chi connectivity index (χ4n) is 2.37. The van der Waals surface area contributed by atoms with Crippen molar-refractivity contribution >= 4 is 5.78 Å². The monoisotopic (exact) mass is 254 g/mol. The first-order chi connectivity index (χ1) is 9.18. The predicted octanol–water partition coefficient (Wildman–Crippen LogP) is 3.16. The summed E-state index contributed by atoms with van der Waals surface area (Å²) in [4.78, 5) is 11.3. The van der Waals surface area contributed by atoms with Crippen molar-refractivity contribution < 1.29 is 9.90 Å². The van der Waals surface area contributed by atoms with Gasteiger partial charge < -0.3 is 5.11 Å². The lowest BCUT2D eigenvalue weighted by Gasteiger charge is -2.23. The first-order valence-electron chi connectivity index (χ1n) is 6.46. The third-order valence-electron chi connectivity index (χ3n) is 3.20. The highest BCUT2D eigenvalue weighted by Crippen LogP contribution is 2.29. The van der Waals surface area contributed by atoms with Gasteiger partial charge in [0.05, 0.1) is 6.10 Å². The first-order valence-corrected chi connectivity index (χ1v) is 6.46. The Morgan fingerprint density at radius 2 is 1.37 bits per heavy atom. The Hall–Kier alpha value is -1.93. The van der Waals surface area contributed by atoms with Crippen LogP contribution in [0, 0.1) is 0 Å². The molecule has 98 valence electrons. The highest BCUT2D eigenvalue weighted by Gasteiger charge is 2.23. The Labute approximate surface area is 113 Å². The van der Waals surface area contributed by atoms with E-state index in [-0.39, 0.29) is 18.1 Å². The minimum atomic E-state index is -0.692. The zero-order valence-corrected chi connectivity index (χ0v) is 11.0. The molecular weight excluding hydrogens is 236 g/mol. The van der Waals surface area contributed by atoms with Gasteiger partial charge in [-0.15, -0.1) is 0 Å². The van der Waals surface area contributed by atoms with Crippen molar-refractivity contribution in [2.45, 2.75) is 25.4 Å². The number of benzene rings is 2. The third kappa shape index (κ3) is 3.52. The van der Waals surface area contributed by atoms with Gasteiger partial charge in [-0.2, -0.15) is 0 Å². The SMILES string of the molecule is CC(=O)C[C@@H](O)C(c1ccccc1)c1ccccc1. The molecule has 0 aliphatic carbocycles. The molecule has 2 aromatic rings. The lowest BCUT2D eigenvalue weighted by molar-refractivity contribution is -0.119. The van der Waals surface area contributed by atoms with Crippen LogP contribution in [0.15, 0.2) is 60.7 Å². The summed E-state index contributed by atoms with van der Waals surface area (Å²) >= 11 is 0. The van der Waals surface area contributed by atoms with Gasteiger partial charge in [-0.1, -0.05) is 60.7 Å². The molecule has 0 radical (unpaired) electrons. The van der Waals surface area contributed by atoms with E-state index < -0.39 is 6.10 Å². The molecule has 0 unspecified atom stereocenters. The van der Waals surface area contributed by atoms with Gasteiger partial charge >= 0.3 is 0 Å². The maximum Gasteiger partial charge on any atom is 0.132 e. The van der Waals surface area contributed by atoms with Crippen molar-refractivity contribution in [3.63, 3.8) is 0 Å². The highest BCUT2D eigenvalue weighted by molar-refractivity contribution is 5.76. The van der Waals surface area contributed by atoms with Crippen LogP contribution in [-0.4, -0.2) is 17.0 Å². The fourth-order valence-corrected chi connectivity index (χ4v) is 2.37. The van der Waals surface area contributed by atoms with Crippen molar-refractivity contribution in [2.75, 3.05) is 0 Å². The molecule has 0 aliphatic heterocycles. The summed E-state index contributed by atoms with van der Waals surface area (Å²) < 4.78 is 0. The molecule has 2 heteroatoms. The second kappa shape index (κ2) is 6.30. The van der Waals surface area contributed by atoms with Crippen molar-refractivity contribution in [1.82, 2.24) is 0 Å². The molecule has 1 atom stereocenters. The van der Waals surface area contributed by atoms with Gasteiger partial charge in [0.1, 0.15) is 5.78 Å². The maximum atomic E-state index is 11.3. The number of Topliss-reactive ketones (excluding diaryl/α,β-unsaturated/α-hetero) is 1. The van der Waals surface area contributed by atoms with E-state index in [1.54, 1.807) is 0 Å². The van der Waals surface area contributed by atoms with Crippen LogP contribution in [-0.2, 0) is 4.79 Å². The van der Waals surface area contributed by atoms with E-state index in [1.165, 1.54) is 6.92 Å². The number of aliphatic hydroxyl groups is 1. The van der Waals surface area contributed by atoms with Crippen molar-refractivity contribution in [3.05, 3.63) is 71.8 Å². The number of carbonyl (C=O) groups excluding carboxylic acids is 1. The van der Waals surface area contributed by atoms with Gasteiger partial charge in [0, 0.05) is 12.3 Å². The minimum Gasteiger partial charge on any atom is -0.392 e. The van der Waals surface area contributed by atoms with E-state index in [2.05, 4.69) is 0 Å². The Balaban J connectivity index is 2.37. The van der Waals surface area contributed by atoms with E-state index in [9.17, 15) is 9.90 Å². The summed E-state index contributed by atoms with van der Waals surface area (Å²) in [6, 6.07) is 19.6. The molecule has 0 fully saturated rings. The molecule has 0 aliphatic rings. The lowest BCUT2D eigenvalue weighted by Crippen LogP contribution is -2.22. The van der Waals surface area contributed by atoms with Crippen LogP contribution in [0.5, 0.6) is 0 Å². The zero-order chi connectivity index (χ0) is 13.7. The van der Waals surface area contributed by atoms with Crippen LogP contribution in [0.3, 0.4) is 0 Å². The molecule has 0 amide bonds. The molecule has 2 nitrogen and oxygen atoms in total. The Kier molecular flexibility index (Phi) is 4.48. The van der Waals surface area contributed by atoms with E-state index in [0.717, 1.165) is 11.1 Å². The van der Waals surface area contributed by atoms with Crippen LogP contribution in [0.1, 0.15) is 30.4 Å². The van der Waals surface area contributed by atoms with E-state index in [1.807, 2.05) is 60.7 Å². The molecule has 0 saturated carbocycles. The van der Waals surface area contributed by atoms with Crippen molar-refractivity contribution in [3.8, 4) is 0 Å². The normalized spacial score (nSPS) is 12.4. The molecule has 2 rings (SSSR count). The molecule has 0 aromatic heterocycles. The minimum absolute atomic E-state index is 0.00404. The average molecular weight is 254 g/mol. The smallest absolute Gasteiger partial charge is 0.132 e. The Bertz CT molecular complexity index is 480. The third-order valence-corrected chi connectivity index (χ3v) is 3.20. The number of aliphatic hydroxyl groups excluding tert-OH is 1. The topological polar surface area (TPSA) is 37.3 Å². The molecule has 0 heterocycles. The standard InChI is InChI=1S/C17H18O2/c1-13(18)12-16(19)17(14-8-4-2-5-9-14)15-10-6-3-7-11-15/h2-11,16-17,19H,12H2,1H3/t16-/m1/s1. The lowest BCUT2D eigenvalue weighted by atomic mass is 9.85. The van der Waals surface area contributed by atoms with E-state index in [4.69, 9.17) is 0 Å². The fraction of sp³-hybridized carbons (Fsp3) is 0.235. The van der Waals surface area contributed by atoms with Crippen LogP contribution >= 0.6 is 0 Å². The average Bonchev–Trinajstić information content (AvgIpc) is 2.40. The number of ketones is 1. The summed E-state index contributed by atoms with van der Waals surface area (Å²) in [7, 11) is 0. The van der Waals surface area contributed by atoms with Crippen LogP contribution < -0.4 is 0 Å². The van der Waals surface area contributed by atoms with Gasteiger partial charge in [0.15, 0.2) is 0 Å². The molecule has 0 spiro atoms. The number of rotatable bonds is 5. The van der Waals surface area contributed by atoms with Gasteiger partial charge in [0.2, 0.25) is 0 Å². The summed E-state index contributed by atoms with van der Waals surface area (Å²) in [5.74, 6) is -0.157. The van der Waals surface area contributed by atoms with Crippen LogP contribution in [0.2, 0.25) is 0 Å². The molecule has 0 bridgehead atoms. The quantitative estimate of drug-likeness (QED) is 0.890. The predicted molar refractivity (Wildman–Crippen MR) is 76.0 cm³/mol. The van der Waals surface area contributed by atoms with Gasteiger partial charge in [-0.3, -0.25) is 4.79 Å². The van der Waals surface area contributed by atoms with E-state index in [0.29, 0.717) is 0 Å². The highest BCUT2D eigenvalue weighted by atomic mass is 16.3. The van der Waals surface area contributed by atoms with E-state index >= 15 is 0 Å². The van der Waals surface area contributed by atoms with Gasteiger partial charge in [0.25, 0.3) is 0 Å². The summed E-state index contributed by atoms with van der Waals surface area (Å²) in [5, 5.41) is 10.4. The molecule has 0 saturated heterocycles. The van der Waals surface area contributed by atoms with Crippen molar-refractivity contribution in [2.24, 2.45) is 0 Å². The Morgan fingerprint density at radius 3 is 1.74 bits per heavy atom. The second-order valence-electron chi connectivity index (χ2n) is 4.77. The largest absolute Gasteiger partial charge is 0.392 e. The molecule has 1 N–H and O–H groups in total. The van der Waals surface area contributed by atoms with Crippen LogP contribution in [0.4, 0.5) is 0 Å². The molecule has 2 aromatic carbocycles. The molecule has 19 heavy (non-hydrogen) atoms.